The zero-order valence-electron chi connectivity index (χ0n) is 8.11. The quantitative estimate of drug-likeness (QED) is 0.544. The first-order valence-electron chi connectivity index (χ1n) is 5.38. The van der Waals surface area contributed by atoms with Gasteiger partial charge in [0.15, 0.2) is 0 Å². The molecule has 0 aromatic rings. The van der Waals surface area contributed by atoms with E-state index in [0.717, 1.165) is 19.3 Å². The highest BCUT2D eigenvalue weighted by molar-refractivity contribution is 5.25. The highest BCUT2D eigenvalue weighted by Crippen LogP contribution is 2.59. The summed E-state index contributed by atoms with van der Waals surface area (Å²) in [6.07, 6.45) is 5.36. The fraction of sp³-hybridized carbons (Fsp3) is 0.818. The SMILES string of the molecule is OC1=CC2[C@H]3CCC[C@@]3(O)C[C@]2(O)C1. The van der Waals surface area contributed by atoms with Gasteiger partial charge in [0.25, 0.3) is 0 Å². The van der Waals surface area contributed by atoms with Crippen molar-refractivity contribution in [1.82, 2.24) is 0 Å². The smallest absolute Gasteiger partial charge is 0.0915 e. The first-order valence-corrected chi connectivity index (χ1v) is 5.38. The molecule has 3 N–H and O–H groups in total. The molecule has 3 nitrogen and oxygen atoms in total. The Balaban J connectivity index is 2.00. The number of fused-ring (bicyclic) bond motifs is 3. The van der Waals surface area contributed by atoms with Gasteiger partial charge in [0.1, 0.15) is 0 Å². The maximum absolute atomic E-state index is 10.3. The summed E-state index contributed by atoms with van der Waals surface area (Å²) >= 11 is 0. The van der Waals surface area contributed by atoms with Gasteiger partial charge in [-0.1, -0.05) is 6.42 Å². The molecule has 4 atom stereocenters. The Kier molecular flexibility index (Phi) is 1.46. The molecular weight excluding hydrogens is 180 g/mol. The molecule has 0 radical (unpaired) electrons. The molecule has 3 rings (SSSR count). The van der Waals surface area contributed by atoms with Crippen LogP contribution in [0.2, 0.25) is 0 Å². The van der Waals surface area contributed by atoms with Gasteiger partial charge >= 0.3 is 0 Å². The maximum Gasteiger partial charge on any atom is 0.0915 e. The molecule has 0 spiro atoms. The molecule has 0 aliphatic heterocycles. The van der Waals surface area contributed by atoms with E-state index in [9.17, 15) is 15.3 Å². The van der Waals surface area contributed by atoms with E-state index >= 15 is 0 Å². The van der Waals surface area contributed by atoms with Gasteiger partial charge < -0.3 is 15.3 Å². The normalized spacial score (nSPS) is 55.7. The molecule has 2 saturated carbocycles. The topological polar surface area (TPSA) is 60.7 Å². The van der Waals surface area contributed by atoms with Gasteiger partial charge in [0, 0.05) is 18.8 Å². The van der Waals surface area contributed by atoms with E-state index in [1.807, 2.05) is 0 Å². The number of hydrogen-bond donors (Lipinski definition) is 3. The summed E-state index contributed by atoms with van der Waals surface area (Å²) in [6.45, 7) is 0. The summed E-state index contributed by atoms with van der Waals surface area (Å²) in [5, 5.41) is 30.0. The predicted molar refractivity (Wildman–Crippen MR) is 50.7 cm³/mol. The fourth-order valence-electron chi connectivity index (χ4n) is 3.87. The average Bonchev–Trinajstić information content (AvgIpc) is 2.56. The lowest BCUT2D eigenvalue weighted by Crippen LogP contribution is -2.32. The number of aliphatic hydroxyl groups is 3. The van der Waals surface area contributed by atoms with E-state index in [0.29, 0.717) is 18.6 Å². The van der Waals surface area contributed by atoms with Gasteiger partial charge in [-0.2, -0.15) is 0 Å². The minimum atomic E-state index is -0.857. The number of rotatable bonds is 0. The van der Waals surface area contributed by atoms with Crippen LogP contribution in [-0.4, -0.2) is 26.5 Å². The first-order chi connectivity index (χ1) is 6.54. The molecule has 14 heavy (non-hydrogen) atoms. The Morgan fingerprint density at radius 3 is 2.86 bits per heavy atom. The maximum atomic E-state index is 10.3. The molecule has 0 aromatic carbocycles. The molecular formula is C11H16O3. The summed E-state index contributed by atoms with van der Waals surface area (Å²) in [7, 11) is 0. The molecule has 0 saturated heterocycles. The highest BCUT2D eigenvalue weighted by atomic mass is 16.3. The summed E-state index contributed by atoms with van der Waals surface area (Å²) in [4.78, 5) is 0. The van der Waals surface area contributed by atoms with Crippen molar-refractivity contribution >= 4 is 0 Å². The summed E-state index contributed by atoms with van der Waals surface area (Å²) in [5.41, 5.74) is -1.51. The Bertz CT molecular complexity index is 312. The van der Waals surface area contributed by atoms with E-state index < -0.39 is 11.2 Å². The molecule has 3 aliphatic carbocycles. The Labute approximate surface area is 83.1 Å². The van der Waals surface area contributed by atoms with Crippen LogP contribution in [0.4, 0.5) is 0 Å². The van der Waals surface area contributed by atoms with E-state index in [-0.39, 0.29) is 11.8 Å². The molecule has 2 fully saturated rings. The minimum Gasteiger partial charge on any atom is -0.513 e. The van der Waals surface area contributed by atoms with Crippen molar-refractivity contribution in [3.63, 3.8) is 0 Å². The van der Waals surface area contributed by atoms with Crippen LogP contribution in [0.3, 0.4) is 0 Å². The van der Waals surface area contributed by atoms with Crippen LogP contribution in [0.5, 0.6) is 0 Å². The van der Waals surface area contributed by atoms with Crippen LogP contribution in [0.25, 0.3) is 0 Å². The second-order valence-corrected chi connectivity index (χ2v) is 5.24. The molecule has 3 aliphatic rings. The lowest BCUT2D eigenvalue weighted by atomic mass is 9.87. The second-order valence-electron chi connectivity index (χ2n) is 5.24. The molecule has 0 bridgehead atoms. The standard InChI is InChI=1S/C11H16O3/c12-7-4-9-8-2-1-3-10(8,13)6-11(9,14)5-7/h4,8-9,12-14H,1-3,5-6H2/t8-,9?,10-,11-/m1/s1. The van der Waals surface area contributed by atoms with Crippen molar-refractivity contribution in [3.8, 4) is 0 Å². The third-order valence-electron chi connectivity index (χ3n) is 4.34. The van der Waals surface area contributed by atoms with E-state index in [1.54, 1.807) is 6.08 Å². The van der Waals surface area contributed by atoms with Crippen LogP contribution < -0.4 is 0 Å². The van der Waals surface area contributed by atoms with Gasteiger partial charge in [0.05, 0.1) is 17.0 Å². The molecule has 0 amide bonds. The summed E-state index contributed by atoms with van der Waals surface area (Å²) in [6, 6.07) is 0. The monoisotopic (exact) mass is 196 g/mol. The van der Waals surface area contributed by atoms with Crippen LogP contribution in [0, 0.1) is 11.8 Å². The lowest BCUT2D eigenvalue weighted by Gasteiger charge is -2.24. The molecule has 0 heterocycles. The zero-order valence-corrected chi connectivity index (χ0v) is 8.11. The lowest BCUT2D eigenvalue weighted by molar-refractivity contribution is -0.0171. The van der Waals surface area contributed by atoms with Gasteiger partial charge in [-0.05, 0) is 24.8 Å². The van der Waals surface area contributed by atoms with Crippen molar-refractivity contribution in [1.29, 1.82) is 0 Å². The van der Waals surface area contributed by atoms with E-state index in [4.69, 9.17) is 0 Å². The largest absolute Gasteiger partial charge is 0.513 e. The molecule has 78 valence electrons. The predicted octanol–water partition coefficient (Wildman–Crippen LogP) is 1.11. The van der Waals surface area contributed by atoms with Crippen LogP contribution in [-0.2, 0) is 0 Å². The Hall–Kier alpha value is -0.540. The second kappa shape index (κ2) is 2.34. The minimum absolute atomic E-state index is 0.0185. The molecule has 3 heteroatoms. The summed E-state index contributed by atoms with van der Waals surface area (Å²) < 4.78 is 0. The zero-order chi connectivity index (χ0) is 9.97. The van der Waals surface area contributed by atoms with Gasteiger partial charge in [-0.3, -0.25) is 0 Å². The van der Waals surface area contributed by atoms with E-state index in [2.05, 4.69) is 0 Å². The fourth-order valence-corrected chi connectivity index (χ4v) is 3.87. The average molecular weight is 196 g/mol. The van der Waals surface area contributed by atoms with E-state index in [1.165, 1.54) is 0 Å². The first kappa shape index (κ1) is 8.74. The van der Waals surface area contributed by atoms with Crippen molar-refractivity contribution in [3.05, 3.63) is 11.8 Å². The Morgan fingerprint density at radius 2 is 2.07 bits per heavy atom. The van der Waals surface area contributed by atoms with Crippen LogP contribution >= 0.6 is 0 Å². The van der Waals surface area contributed by atoms with Gasteiger partial charge in [-0.15, -0.1) is 0 Å². The van der Waals surface area contributed by atoms with Gasteiger partial charge in [0.2, 0.25) is 0 Å². The number of hydrogen-bond acceptors (Lipinski definition) is 3. The van der Waals surface area contributed by atoms with Crippen LogP contribution in [0.1, 0.15) is 32.1 Å². The van der Waals surface area contributed by atoms with Crippen LogP contribution in [0.15, 0.2) is 11.8 Å². The van der Waals surface area contributed by atoms with Crippen molar-refractivity contribution in [2.24, 2.45) is 11.8 Å². The van der Waals surface area contributed by atoms with Crippen molar-refractivity contribution < 1.29 is 15.3 Å². The third-order valence-corrected chi connectivity index (χ3v) is 4.34. The summed E-state index contributed by atoms with van der Waals surface area (Å²) in [5.74, 6) is 0.443. The molecule has 1 unspecified atom stereocenters. The van der Waals surface area contributed by atoms with Crippen molar-refractivity contribution in [2.75, 3.05) is 0 Å². The molecule has 0 aromatic heterocycles. The van der Waals surface area contributed by atoms with Gasteiger partial charge in [-0.25, -0.2) is 0 Å². The number of aliphatic hydroxyl groups excluding tert-OH is 1. The van der Waals surface area contributed by atoms with Crippen molar-refractivity contribution in [2.45, 2.75) is 43.3 Å². The Morgan fingerprint density at radius 1 is 1.29 bits per heavy atom. The highest BCUT2D eigenvalue weighted by Gasteiger charge is 2.62. The third kappa shape index (κ3) is 0.894.